The largest absolute Gasteiger partial charge is 0.503 e. The highest BCUT2D eigenvalue weighted by atomic mass is 35.5. The first-order valence-electron chi connectivity index (χ1n) is 6.17. The summed E-state index contributed by atoms with van der Waals surface area (Å²) < 4.78 is 31.7. The molecule has 0 saturated carbocycles. The van der Waals surface area contributed by atoms with Crippen molar-refractivity contribution in [3.8, 4) is 11.5 Å². The maximum Gasteiger partial charge on any atom is 0.187 e. The fourth-order valence-corrected chi connectivity index (χ4v) is 2.04. The maximum absolute atomic E-state index is 13.3. The Bertz CT molecular complexity index is 654. The maximum atomic E-state index is 13.3. The fourth-order valence-electron chi connectivity index (χ4n) is 1.89. The highest BCUT2D eigenvalue weighted by molar-refractivity contribution is 6.31. The van der Waals surface area contributed by atoms with Gasteiger partial charge in [-0.05, 0) is 36.2 Å². The second kappa shape index (κ2) is 6.18. The second-order valence-electron chi connectivity index (χ2n) is 4.56. The van der Waals surface area contributed by atoms with Gasteiger partial charge in [0, 0.05) is 17.6 Å². The van der Waals surface area contributed by atoms with E-state index in [4.69, 9.17) is 21.4 Å². The van der Waals surface area contributed by atoms with Crippen LogP contribution in [0, 0.1) is 18.6 Å². The van der Waals surface area contributed by atoms with Crippen molar-refractivity contribution in [2.75, 3.05) is 12.4 Å². The molecule has 0 aliphatic rings. The van der Waals surface area contributed by atoms with Crippen molar-refractivity contribution in [3.63, 3.8) is 0 Å². The summed E-state index contributed by atoms with van der Waals surface area (Å²) >= 11 is 6.01. The van der Waals surface area contributed by atoms with E-state index in [2.05, 4.69) is 5.32 Å². The number of aromatic hydroxyl groups is 1. The van der Waals surface area contributed by atoms with Crippen LogP contribution in [0.3, 0.4) is 0 Å². The molecular weight excluding hydrogens is 300 g/mol. The van der Waals surface area contributed by atoms with Crippen molar-refractivity contribution in [3.05, 3.63) is 52.0 Å². The van der Waals surface area contributed by atoms with Gasteiger partial charge in [0.1, 0.15) is 5.75 Å². The van der Waals surface area contributed by atoms with Gasteiger partial charge in [0.25, 0.3) is 0 Å². The summed E-state index contributed by atoms with van der Waals surface area (Å²) in [6.45, 7) is 2.01. The number of nitrogens with one attached hydrogen (secondary N) is 1. The van der Waals surface area contributed by atoms with Crippen LogP contribution in [0.5, 0.6) is 11.5 Å². The summed E-state index contributed by atoms with van der Waals surface area (Å²) in [7, 11) is 1.51. The molecule has 0 bridgehead atoms. The lowest BCUT2D eigenvalue weighted by molar-refractivity contribution is 0.395. The summed E-state index contributed by atoms with van der Waals surface area (Å²) in [6, 6.07) is 5.59. The number of rotatable bonds is 4. The molecular formula is C15H14ClF2NO2. The molecule has 0 saturated heterocycles. The van der Waals surface area contributed by atoms with E-state index in [0.717, 1.165) is 17.7 Å². The Labute approximate surface area is 126 Å². The number of hydrogen-bond donors (Lipinski definition) is 2. The third-order valence-electron chi connectivity index (χ3n) is 3.04. The zero-order valence-corrected chi connectivity index (χ0v) is 12.3. The van der Waals surface area contributed by atoms with E-state index < -0.39 is 17.4 Å². The van der Waals surface area contributed by atoms with Gasteiger partial charge in [-0.2, -0.15) is 0 Å². The summed E-state index contributed by atoms with van der Waals surface area (Å²) in [4.78, 5) is 0. The minimum absolute atomic E-state index is 0.172. The van der Waals surface area contributed by atoms with E-state index in [-0.39, 0.29) is 6.54 Å². The van der Waals surface area contributed by atoms with Crippen LogP contribution < -0.4 is 10.1 Å². The average molecular weight is 314 g/mol. The zero-order chi connectivity index (χ0) is 15.6. The lowest BCUT2D eigenvalue weighted by atomic mass is 10.1. The Morgan fingerprint density at radius 3 is 2.38 bits per heavy atom. The predicted molar refractivity (Wildman–Crippen MR) is 78.1 cm³/mol. The van der Waals surface area contributed by atoms with Gasteiger partial charge in [0.15, 0.2) is 17.4 Å². The molecule has 6 heteroatoms. The van der Waals surface area contributed by atoms with E-state index in [0.29, 0.717) is 22.0 Å². The Morgan fingerprint density at radius 2 is 1.81 bits per heavy atom. The number of phenolic OH excluding ortho intramolecular Hbond substituents is 1. The van der Waals surface area contributed by atoms with E-state index in [1.165, 1.54) is 7.11 Å². The molecule has 0 amide bonds. The van der Waals surface area contributed by atoms with Crippen molar-refractivity contribution >= 4 is 17.3 Å². The van der Waals surface area contributed by atoms with E-state index in [1.807, 2.05) is 6.92 Å². The number of methoxy groups -OCH3 is 1. The summed E-state index contributed by atoms with van der Waals surface area (Å²) in [5.41, 5.74) is 1.87. The quantitative estimate of drug-likeness (QED) is 0.886. The van der Waals surface area contributed by atoms with Gasteiger partial charge in [0.2, 0.25) is 0 Å². The number of halogens is 3. The first-order chi connectivity index (χ1) is 9.92. The fraction of sp³-hybridized carbons (Fsp3) is 0.200. The van der Waals surface area contributed by atoms with Gasteiger partial charge in [0.05, 0.1) is 12.8 Å². The summed E-state index contributed by atoms with van der Waals surface area (Å²) in [5.74, 6) is -2.43. The molecule has 0 aliphatic carbocycles. The number of hydrogen-bond acceptors (Lipinski definition) is 3. The highest BCUT2D eigenvalue weighted by Gasteiger charge is 2.11. The van der Waals surface area contributed by atoms with E-state index in [1.54, 1.807) is 12.1 Å². The van der Waals surface area contributed by atoms with Crippen LogP contribution >= 0.6 is 11.6 Å². The SMILES string of the molecule is COc1cc(Cl)c(C)cc1NCc1cc(F)c(O)c(F)c1. The first-order valence-corrected chi connectivity index (χ1v) is 6.55. The Morgan fingerprint density at radius 1 is 1.19 bits per heavy atom. The third kappa shape index (κ3) is 3.36. The van der Waals surface area contributed by atoms with Crippen LogP contribution in [0.15, 0.2) is 24.3 Å². The molecule has 0 radical (unpaired) electrons. The molecule has 0 atom stereocenters. The standard InChI is InChI=1S/C15H14ClF2NO2/c1-8-3-13(14(21-2)6-10(8)16)19-7-9-4-11(17)15(20)12(18)5-9/h3-6,19-20H,7H2,1-2H3. The molecule has 2 rings (SSSR count). The van der Waals surface area contributed by atoms with Crippen LogP contribution in [-0.2, 0) is 6.54 Å². The summed E-state index contributed by atoms with van der Waals surface area (Å²) in [6.07, 6.45) is 0. The highest BCUT2D eigenvalue weighted by Crippen LogP contribution is 2.31. The number of aryl methyl sites for hydroxylation is 1. The molecule has 0 heterocycles. The Kier molecular flexibility index (Phi) is 4.53. The van der Waals surface area contributed by atoms with Crippen molar-refractivity contribution in [2.45, 2.75) is 13.5 Å². The molecule has 112 valence electrons. The molecule has 0 aliphatic heterocycles. The monoisotopic (exact) mass is 313 g/mol. The van der Waals surface area contributed by atoms with Crippen LogP contribution in [0.1, 0.15) is 11.1 Å². The lowest BCUT2D eigenvalue weighted by Crippen LogP contribution is -2.03. The number of benzene rings is 2. The van der Waals surface area contributed by atoms with Crippen LogP contribution in [-0.4, -0.2) is 12.2 Å². The number of ether oxygens (including phenoxy) is 1. The first kappa shape index (κ1) is 15.4. The smallest absolute Gasteiger partial charge is 0.187 e. The van der Waals surface area contributed by atoms with Gasteiger partial charge in [-0.25, -0.2) is 8.78 Å². The minimum atomic E-state index is -0.994. The molecule has 0 spiro atoms. The van der Waals surface area contributed by atoms with Gasteiger partial charge in [-0.15, -0.1) is 0 Å². The zero-order valence-electron chi connectivity index (χ0n) is 11.5. The van der Waals surface area contributed by atoms with Crippen molar-refractivity contribution in [1.29, 1.82) is 0 Å². The molecule has 0 unspecified atom stereocenters. The van der Waals surface area contributed by atoms with E-state index in [9.17, 15) is 8.78 Å². The normalized spacial score (nSPS) is 10.5. The lowest BCUT2D eigenvalue weighted by Gasteiger charge is -2.13. The molecule has 0 aromatic heterocycles. The van der Waals surface area contributed by atoms with Crippen LogP contribution in [0.25, 0.3) is 0 Å². The van der Waals surface area contributed by atoms with Crippen molar-refractivity contribution < 1.29 is 18.6 Å². The van der Waals surface area contributed by atoms with E-state index >= 15 is 0 Å². The second-order valence-corrected chi connectivity index (χ2v) is 4.97. The number of anilines is 1. The Hall–Kier alpha value is -2.01. The predicted octanol–water partition coefficient (Wildman–Crippen LogP) is 4.25. The molecule has 3 nitrogen and oxygen atoms in total. The van der Waals surface area contributed by atoms with Gasteiger partial charge >= 0.3 is 0 Å². The minimum Gasteiger partial charge on any atom is -0.503 e. The summed E-state index contributed by atoms with van der Waals surface area (Å²) in [5, 5.41) is 12.7. The molecule has 2 N–H and O–H groups in total. The average Bonchev–Trinajstić information content (AvgIpc) is 2.45. The van der Waals surface area contributed by atoms with Gasteiger partial charge < -0.3 is 15.2 Å². The topological polar surface area (TPSA) is 41.5 Å². The molecule has 21 heavy (non-hydrogen) atoms. The van der Waals surface area contributed by atoms with Crippen LogP contribution in [0.4, 0.5) is 14.5 Å². The van der Waals surface area contributed by atoms with Crippen molar-refractivity contribution in [1.82, 2.24) is 0 Å². The number of phenols is 1. The van der Waals surface area contributed by atoms with Gasteiger partial charge in [-0.1, -0.05) is 11.6 Å². The molecule has 2 aromatic carbocycles. The Balaban J connectivity index is 2.22. The van der Waals surface area contributed by atoms with Crippen molar-refractivity contribution in [2.24, 2.45) is 0 Å². The molecule has 0 fully saturated rings. The third-order valence-corrected chi connectivity index (χ3v) is 3.45. The van der Waals surface area contributed by atoms with Crippen LogP contribution in [0.2, 0.25) is 5.02 Å². The van der Waals surface area contributed by atoms with Gasteiger partial charge in [-0.3, -0.25) is 0 Å². The molecule has 2 aromatic rings.